The van der Waals surface area contributed by atoms with Gasteiger partial charge in [0.2, 0.25) is 5.95 Å². The standard InChI is InChI=1S/C31H29Cl2N7O/c1-19-17-21(11-12-22(19)20-7-6-15-39(2)16-13-20)36-31-35-18-23-27(37-31)28(26-10-3-4-14-34-26)38-40(30(23)41)29-24(32)8-5-9-25(29)33/h3-5,8-12,14,17-18,20H,6-7,13,15-16H2,1-2H3,(H,35,36,37). The minimum absolute atomic E-state index is 0.270. The van der Waals surface area contributed by atoms with Crippen LogP contribution in [-0.2, 0) is 0 Å². The fraction of sp³-hybridized carbons (Fsp3) is 0.258. The molecule has 10 heteroatoms. The smallest absolute Gasteiger partial charge is 0.282 e. The Labute approximate surface area is 248 Å². The van der Waals surface area contributed by atoms with E-state index in [4.69, 9.17) is 28.2 Å². The van der Waals surface area contributed by atoms with E-state index in [1.165, 1.54) is 34.8 Å². The van der Waals surface area contributed by atoms with Gasteiger partial charge in [0.25, 0.3) is 5.56 Å². The van der Waals surface area contributed by atoms with E-state index in [-0.39, 0.29) is 11.1 Å². The number of fused-ring (bicyclic) bond motifs is 1. The number of hydrogen-bond acceptors (Lipinski definition) is 7. The number of nitrogens with one attached hydrogen (secondary N) is 1. The van der Waals surface area contributed by atoms with Gasteiger partial charge >= 0.3 is 0 Å². The number of aryl methyl sites for hydroxylation is 1. The molecular formula is C31H29Cl2N7O. The van der Waals surface area contributed by atoms with E-state index in [9.17, 15) is 4.79 Å². The highest BCUT2D eigenvalue weighted by molar-refractivity contribution is 6.37. The molecule has 0 spiro atoms. The van der Waals surface area contributed by atoms with Gasteiger partial charge in [-0.25, -0.2) is 9.97 Å². The molecule has 1 aliphatic heterocycles. The highest BCUT2D eigenvalue weighted by Gasteiger charge is 2.21. The molecule has 0 aliphatic carbocycles. The lowest BCUT2D eigenvalue weighted by Gasteiger charge is -2.19. The molecule has 0 saturated carbocycles. The van der Waals surface area contributed by atoms with E-state index in [2.05, 4.69) is 57.5 Å². The average molecular weight is 587 g/mol. The van der Waals surface area contributed by atoms with Gasteiger partial charge in [-0.3, -0.25) is 9.78 Å². The monoisotopic (exact) mass is 585 g/mol. The Kier molecular flexibility index (Phi) is 7.71. The number of rotatable bonds is 5. The number of nitrogens with zero attached hydrogens (tertiary/aromatic N) is 6. The van der Waals surface area contributed by atoms with Crippen LogP contribution in [0, 0.1) is 6.92 Å². The quantitative estimate of drug-likeness (QED) is 0.242. The molecule has 4 heterocycles. The Morgan fingerprint density at radius 3 is 2.56 bits per heavy atom. The lowest BCUT2D eigenvalue weighted by molar-refractivity contribution is 0.347. The predicted octanol–water partition coefficient (Wildman–Crippen LogP) is 6.80. The van der Waals surface area contributed by atoms with E-state index in [0.717, 1.165) is 25.2 Å². The molecule has 1 saturated heterocycles. The Hall–Kier alpha value is -3.85. The summed E-state index contributed by atoms with van der Waals surface area (Å²) in [5, 5.41) is 8.84. The second kappa shape index (κ2) is 11.6. The molecule has 1 N–H and O–H groups in total. The molecule has 5 aromatic rings. The maximum absolute atomic E-state index is 13.6. The molecule has 8 nitrogen and oxygen atoms in total. The maximum Gasteiger partial charge on any atom is 0.282 e. The minimum atomic E-state index is -0.435. The van der Waals surface area contributed by atoms with Crippen LogP contribution in [0.2, 0.25) is 10.0 Å². The Bertz CT molecular complexity index is 1770. The Balaban J connectivity index is 1.40. The molecule has 41 heavy (non-hydrogen) atoms. The van der Waals surface area contributed by atoms with Crippen molar-refractivity contribution < 1.29 is 0 Å². The summed E-state index contributed by atoms with van der Waals surface area (Å²) in [6.07, 6.45) is 6.75. The van der Waals surface area contributed by atoms with E-state index >= 15 is 0 Å². The van der Waals surface area contributed by atoms with E-state index in [1.807, 2.05) is 18.2 Å². The second-order valence-corrected chi connectivity index (χ2v) is 11.2. The van der Waals surface area contributed by atoms with Crippen LogP contribution in [0.15, 0.2) is 71.8 Å². The van der Waals surface area contributed by atoms with Crippen molar-refractivity contribution in [2.24, 2.45) is 0 Å². The first-order valence-corrected chi connectivity index (χ1v) is 14.4. The van der Waals surface area contributed by atoms with Gasteiger partial charge in [0, 0.05) is 18.1 Å². The van der Waals surface area contributed by atoms with E-state index in [1.54, 1.807) is 24.4 Å². The zero-order chi connectivity index (χ0) is 28.5. The lowest BCUT2D eigenvalue weighted by Crippen LogP contribution is -2.23. The number of hydrogen-bond donors (Lipinski definition) is 1. The number of likely N-dealkylation sites (tertiary alicyclic amines) is 1. The van der Waals surface area contributed by atoms with Crippen LogP contribution in [0.25, 0.3) is 28.0 Å². The van der Waals surface area contributed by atoms with E-state index in [0.29, 0.717) is 38.8 Å². The number of halogens is 2. The van der Waals surface area contributed by atoms with Gasteiger partial charge < -0.3 is 10.2 Å². The number of anilines is 2. The molecule has 1 aliphatic rings. The Morgan fingerprint density at radius 2 is 1.80 bits per heavy atom. The molecule has 0 radical (unpaired) electrons. The zero-order valence-corrected chi connectivity index (χ0v) is 24.3. The molecule has 0 bridgehead atoms. The van der Waals surface area contributed by atoms with Crippen LogP contribution in [0.5, 0.6) is 0 Å². The summed E-state index contributed by atoms with van der Waals surface area (Å²) in [6.45, 7) is 4.42. The topological polar surface area (TPSA) is 88.8 Å². The van der Waals surface area contributed by atoms with Crippen molar-refractivity contribution in [3.8, 4) is 17.1 Å². The number of pyridine rings is 1. The maximum atomic E-state index is 13.6. The first-order valence-electron chi connectivity index (χ1n) is 13.6. The molecule has 1 atom stereocenters. The molecule has 1 unspecified atom stereocenters. The first kappa shape index (κ1) is 27.3. The van der Waals surface area contributed by atoms with Gasteiger partial charge in [-0.15, -0.1) is 0 Å². The first-order chi connectivity index (χ1) is 19.9. The highest BCUT2D eigenvalue weighted by Crippen LogP contribution is 2.33. The average Bonchev–Trinajstić information content (AvgIpc) is 3.19. The summed E-state index contributed by atoms with van der Waals surface area (Å²) < 4.78 is 1.20. The molecule has 2 aromatic carbocycles. The van der Waals surface area contributed by atoms with Crippen LogP contribution < -0.4 is 10.9 Å². The molecule has 6 rings (SSSR count). The fourth-order valence-corrected chi connectivity index (χ4v) is 6.05. The summed E-state index contributed by atoms with van der Waals surface area (Å²) in [5.41, 5.74) is 4.70. The summed E-state index contributed by atoms with van der Waals surface area (Å²) in [4.78, 5) is 29.7. The molecule has 208 valence electrons. The van der Waals surface area contributed by atoms with Gasteiger partial charge in [-0.2, -0.15) is 9.78 Å². The third-order valence-corrected chi connectivity index (χ3v) is 8.22. The lowest BCUT2D eigenvalue weighted by atomic mass is 9.89. The van der Waals surface area contributed by atoms with Crippen LogP contribution in [-0.4, -0.2) is 49.8 Å². The third-order valence-electron chi connectivity index (χ3n) is 7.61. The van der Waals surface area contributed by atoms with Crippen LogP contribution in [0.4, 0.5) is 11.6 Å². The van der Waals surface area contributed by atoms with Gasteiger partial charge in [0.05, 0.1) is 21.1 Å². The molecule has 1 fully saturated rings. The molecule has 0 amide bonds. The van der Waals surface area contributed by atoms with Gasteiger partial charge in [0.1, 0.15) is 16.9 Å². The molecular weight excluding hydrogens is 557 g/mol. The summed E-state index contributed by atoms with van der Waals surface area (Å²) in [6, 6.07) is 16.9. The largest absolute Gasteiger partial charge is 0.324 e. The van der Waals surface area contributed by atoms with Gasteiger partial charge in [0.15, 0.2) is 0 Å². The number of aromatic nitrogens is 5. The third kappa shape index (κ3) is 5.55. The van der Waals surface area contributed by atoms with Crippen molar-refractivity contribution in [1.82, 2.24) is 29.6 Å². The summed E-state index contributed by atoms with van der Waals surface area (Å²) in [5.74, 6) is 0.916. The van der Waals surface area contributed by atoms with Gasteiger partial charge in [-0.1, -0.05) is 41.4 Å². The van der Waals surface area contributed by atoms with Crippen molar-refractivity contribution in [1.29, 1.82) is 0 Å². The zero-order valence-electron chi connectivity index (χ0n) is 22.8. The summed E-state index contributed by atoms with van der Waals surface area (Å²) >= 11 is 12.9. The second-order valence-electron chi connectivity index (χ2n) is 10.4. The number of para-hydroxylation sites is 1. The highest BCUT2D eigenvalue weighted by atomic mass is 35.5. The van der Waals surface area contributed by atoms with Crippen molar-refractivity contribution in [3.05, 3.63) is 98.5 Å². The minimum Gasteiger partial charge on any atom is -0.324 e. The normalized spacial score (nSPS) is 16.0. The molecule has 3 aromatic heterocycles. The fourth-order valence-electron chi connectivity index (χ4n) is 5.50. The predicted molar refractivity (Wildman–Crippen MR) is 165 cm³/mol. The van der Waals surface area contributed by atoms with Crippen LogP contribution >= 0.6 is 23.2 Å². The summed E-state index contributed by atoms with van der Waals surface area (Å²) in [7, 11) is 2.20. The van der Waals surface area contributed by atoms with Crippen LogP contribution in [0.1, 0.15) is 36.3 Å². The van der Waals surface area contributed by atoms with Crippen molar-refractivity contribution in [2.75, 3.05) is 25.5 Å². The van der Waals surface area contributed by atoms with Crippen molar-refractivity contribution in [2.45, 2.75) is 32.1 Å². The SMILES string of the molecule is Cc1cc(Nc2ncc3c(=O)n(-c4c(Cl)cccc4Cl)nc(-c4ccccn4)c3n2)ccc1C1CCCN(C)CC1. The number of benzene rings is 2. The van der Waals surface area contributed by atoms with Crippen molar-refractivity contribution in [3.63, 3.8) is 0 Å². The van der Waals surface area contributed by atoms with Crippen LogP contribution in [0.3, 0.4) is 0 Å². The Morgan fingerprint density at radius 1 is 0.976 bits per heavy atom. The van der Waals surface area contributed by atoms with Gasteiger partial charge in [-0.05, 0) is 99.8 Å². The van der Waals surface area contributed by atoms with Crippen molar-refractivity contribution >= 4 is 45.7 Å². The van der Waals surface area contributed by atoms with E-state index < -0.39 is 5.56 Å².